The van der Waals surface area contributed by atoms with Gasteiger partial charge in [-0.3, -0.25) is 9.32 Å². The molecule has 0 spiro atoms. The monoisotopic (exact) mass is 427 g/mol. The lowest BCUT2D eigenvalue weighted by atomic mass is 10.2. The SMILES string of the molecule is CC.CC.CNCCOP(=O)(O)OP(O)Oc1ccc(COC(C)=O)cc1. The van der Waals surface area contributed by atoms with E-state index < -0.39 is 22.4 Å². The molecule has 0 bridgehead atoms. The van der Waals surface area contributed by atoms with Crippen molar-refractivity contribution in [1.82, 2.24) is 5.32 Å². The van der Waals surface area contributed by atoms with E-state index in [-0.39, 0.29) is 19.0 Å². The quantitative estimate of drug-likeness (QED) is 0.291. The number of rotatable bonds is 10. The van der Waals surface area contributed by atoms with Crippen LogP contribution in [0.2, 0.25) is 0 Å². The maximum Gasteiger partial charge on any atom is 0.479 e. The van der Waals surface area contributed by atoms with Gasteiger partial charge in [0.2, 0.25) is 0 Å². The Morgan fingerprint density at radius 1 is 1.19 bits per heavy atom. The van der Waals surface area contributed by atoms with Crippen LogP contribution in [-0.4, -0.2) is 36.0 Å². The van der Waals surface area contributed by atoms with E-state index in [0.717, 1.165) is 5.56 Å². The smallest absolute Gasteiger partial charge is 0.461 e. The van der Waals surface area contributed by atoms with Crippen molar-refractivity contribution < 1.29 is 37.2 Å². The molecule has 3 N–H and O–H groups in total. The second-order valence-corrected chi connectivity index (χ2v) is 6.75. The van der Waals surface area contributed by atoms with Crippen molar-refractivity contribution in [1.29, 1.82) is 0 Å². The van der Waals surface area contributed by atoms with Gasteiger partial charge in [-0.1, -0.05) is 39.8 Å². The van der Waals surface area contributed by atoms with E-state index in [4.69, 9.17) is 9.26 Å². The third kappa shape index (κ3) is 15.7. The van der Waals surface area contributed by atoms with E-state index in [1.165, 1.54) is 19.1 Å². The molecule has 158 valence electrons. The molecule has 2 atom stereocenters. The average molecular weight is 427 g/mol. The molecule has 11 heteroatoms. The van der Waals surface area contributed by atoms with Crippen LogP contribution in [-0.2, 0) is 29.5 Å². The van der Waals surface area contributed by atoms with Crippen LogP contribution in [0.4, 0.5) is 0 Å². The van der Waals surface area contributed by atoms with Gasteiger partial charge >= 0.3 is 22.4 Å². The Hall–Kier alpha value is -1.05. The summed E-state index contributed by atoms with van der Waals surface area (Å²) in [5, 5.41) is 2.72. The van der Waals surface area contributed by atoms with Crippen LogP contribution in [0.15, 0.2) is 24.3 Å². The zero-order valence-corrected chi connectivity index (χ0v) is 18.5. The summed E-state index contributed by atoms with van der Waals surface area (Å²) in [4.78, 5) is 29.6. The molecular formula is C16H31NO8P2. The highest BCUT2D eigenvalue weighted by molar-refractivity contribution is 7.58. The van der Waals surface area contributed by atoms with Crippen LogP contribution in [0.1, 0.15) is 40.2 Å². The first-order valence-corrected chi connectivity index (χ1v) is 11.2. The van der Waals surface area contributed by atoms with Crippen molar-refractivity contribution in [2.75, 3.05) is 20.2 Å². The van der Waals surface area contributed by atoms with E-state index in [1.54, 1.807) is 19.2 Å². The van der Waals surface area contributed by atoms with Gasteiger partial charge in [0, 0.05) is 13.5 Å². The second kappa shape index (κ2) is 17.1. The summed E-state index contributed by atoms with van der Waals surface area (Å²) in [6.45, 7) is 9.71. The number of carbonyl (C=O) groups is 1. The zero-order chi connectivity index (χ0) is 21.3. The Kier molecular flexibility index (Phi) is 17.8. The maximum atomic E-state index is 11.5. The Morgan fingerprint density at radius 3 is 2.22 bits per heavy atom. The number of ether oxygens (including phenoxy) is 1. The fourth-order valence-electron chi connectivity index (χ4n) is 1.31. The minimum Gasteiger partial charge on any atom is -0.461 e. The molecule has 0 aliphatic rings. The summed E-state index contributed by atoms with van der Waals surface area (Å²) in [6, 6.07) is 6.22. The average Bonchev–Trinajstić information content (AvgIpc) is 2.64. The molecule has 0 aliphatic heterocycles. The fraction of sp³-hybridized carbons (Fsp3) is 0.562. The van der Waals surface area contributed by atoms with Crippen LogP contribution in [0.25, 0.3) is 0 Å². The topological polar surface area (TPSA) is 124 Å². The molecule has 0 fully saturated rings. The van der Waals surface area contributed by atoms with Gasteiger partial charge in [0.05, 0.1) is 6.61 Å². The highest BCUT2D eigenvalue weighted by atomic mass is 31.3. The zero-order valence-electron chi connectivity index (χ0n) is 16.7. The normalized spacial score (nSPS) is 13.0. The van der Waals surface area contributed by atoms with Crippen molar-refractivity contribution in [2.45, 2.75) is 41.2 Å². The molecular weight excluding hydrogens is 396 g/mol. The number of phosphoric ester groups is 1. The van der Waals surface area contributed by atoms with Crippen molar-refractivity contribution in [3.63, 3.8) is 0 Å². The molecule has 1 rings (SSSR count). The van der Waals surface area contributed by atoms with Gasteiger partial charge in [0.15, 0.2) is 0 Å². The fourth-order valence-corrected chi connectivity index (χ4v) is 2.97. The molecule has 9 nitrogen and oxygen atoms in total. The lowest BCUT2D eigenvalue weighted by molar-refractivity contribution is -0.142. The summed E-state index contributed by atoms with van der Waals surface area (Å²) in [5.74, 6) is -0.171. The molecule has 2 unspecified atom stereocenters. The first kappa shape index (κ1) is 28.2. The summed E-state index contributed by atoms with van der Waals surface area (Å²) >= 11 is 0. The molecule has 1 aromatic rings. The molecule has 0 heterocycles. The Morgan fingerprint density at radius 2 is 1.74 bits per heavy atom. The second-order valence-electron chi connectivity index (χ2n) is 4.24. The number of nitrogens with one attached hydrogen (secondary N) is 1. The minimum atomic E-state index is -4.39. The van der Waals surface area contributed by atoms with Crippen molar-refractivity contribution in [3.05, 3.63) is 29.8 Å². The summed E-state index contributed by atoms with van der Waals surface area (Å²) in [5.41, 5.74) is 0.721. The maximum absolute atomic E-state index is 11.5. The van der Waals surface area contributed by atoms with Gasteiger partial charge in [-0.25, -0.2) is 8.88 Å². The summed E-state index contributed by atoms with van der Waals surface area (Å²) < 4.78 is 30.4. The molecule has 1 aromatic carbocycles. The predicted molar refractivity (Wildman–Crippen MR) is 105 cm³/mol. The van der Waals surface area contributed by atoms with Gasteiger partial charge in [-0.2, -0.15) is 0 Å². The Labute approximate surface area is 162 Å². The van der Waals surface area contributed by atoms with Gasteiger partial charge < -0.3 is 24.4 Å². The lowest BCUT2D eigenvalue weighted by Crippen LogP contribution is -2.13. The molecule has 0 amide bonds. The standard InChI is InChI=1S/C12H19NO8P2.2C2H6/c1-10(14)18-9-11-3-5-12(6-4-11)20-22(15)21-23(16,17)19-8-7-13-2;2*1-2/h3-6,13,15H,7-9H2,1-2H3,(H,16,17);2*1-2H3. The van der Waals surface area contributed by atoms with Crippen LogP contribution in [0.3, 0.4) is 0 Å². The number of likely N-dealkylation sites (N-methyl/N-ethyl adjacent to an activating group) is 1. The largest absolute Gasteiger partial charge is 0.479 e. The van der Waals surface area contributed by atoms with Crippen LogP contribution in [0.5, 0.6) is 5.75 Å². The van der Waals surface area contributed by atoms with E-state index in [9.17, 15) is 19.1 Å². The van der Waals surface area contributed by atoms with Crippen LogP contribution < -0.4 is 9.84 Å². The third-order valence-corrected chi connectivity index (χ3v) is 4.59. The van der Waals surface area contributed by atoms with Gasteiger partial charge in [0.1, 0.15) is 12.4 Å². The number of benzene rings is 1. The molecule has 0 radical (unpaired) electrons. The number of hydrogen-bond acceptors (Lipinski definition) is 8. The molecule has 0 saturated carbocycles. The predicted octanol–water partition coefficient (Wildman–Crippen LogP) is 3.75. The molecule has 0 aromatic heterocycles. The number of carbonyl (C=O) groups excluding carboxylic acids is 1. The number of phosphoric acid groups is 1. The molecule has 0 saturated heterocycles. The highest BCUT2D eigenvalue weighted by Crippen LogP contribution is 2.55. The number of hydrogen-bond donors (Lipinski definition) is 3. The molecule has 0 aliphatic carbocycles. The van der Waals surface area contributed by atoms with Crippen molar-refractivity contribution in [2.24, 2.45) is 0 Å². The van der Waals surface area contributed by atoms with Crippen molar-refractivity contribution in [3.8, 4) is 5.75 Å². The summed E-state index contributed by atoms with van der Waals surface area (Å²) in [7, 11) is -5.38. The minimum absolute atomic E-state index is 0.0572. The first-order valence-electron chi connectivity index (χ1n) is 8.53. The number of esters is 1. The van der Waals surface area contributed by atoms with Crippen molar-refractivity contribution >= 4 is 22.4 Å². The Balaban J connectivity index is 0. The lowest BCUT2D eigenvalue weighted by Gasteiger charge is -2.15. The van der Waals surface area contributed by atoms with Gasteiger partial charge in [-0.15, -0.1) is 0 Å². The van der Waals surface area contributed by atoms with Gasteiger partial charge in [-0.05, 0) is 24.7 Å². The highest BCUT2D eigenvalue weighted by Gasteiger charge is 2.28. The van der Waals surface area contributed by atoms with E-state index >= 15 is 0 Å². The van der Waals surface area contributed by atoms with Gasteiger partial charge in [0.25, 0.3) is 0 Å². The Bertz CT molecular complexity index is 542. The van der Waals surface area contributed by atoms with E-state index in [0.29, 0.717) is 6.54 Å². The van der Waals surface area contributed by atoms with Crippen LogP contribution in [0, 0.1) is 0 Å². The van der Waals surface area contributed by atoms with Crippen LogP contribution >= 0.6 is 16.4 Å². The molecule has 27 heavy (non-hydrogen) atoms. The first-order chi connectivity index (χ1) is 12.8. The van der Waals surface area contributed by atoms with E-state index in [1.807, 2.05) is 27.7 Å². The van der Waals surface area contributed by atoms with E-state index in [2.05, 4.69) is 14.2 Å². The third-order valence-electron chi connectivity index (χ3n) is 2.33. The summed E-state index contributed by atoms with van der Waals surface area (Å²) in [6.07, 6.45) is 0.